The van der Waals surface area contributed by atoms with E-state index in [0.29, 0.717) is 25.8 Å². The summed E-state index contributed by atoms with van der Waals surface area (Å²) in [6, 6.07) is -0.504. The SMILES string of the molecule is CCCCCCCCCCC[C@@H](O)CC(=O)N[C@H](CCCN)C(N)O. The molecule has 0 radical (unpaired) electrons. The standard InChI is InChI=1S/C19H41N3O3/c1-2-3-4-5-6-7-8-9-10-12-16(23)15-18(24)22-17(19(21)25)13-11-14-20/h16-17,19,23,25H,2-15,20-21H2,1H3,(H,22,24)/t16-,17-,19?/m1/s1. The molecule has 0 aromatic rings. The molecule has 0 bridgehead atoms. The lowest BCUT2D eigenvalue weighted by molar-refractivity contribution is -0.124. The van der Waals surface area contributed by atoms with Crippen molar-refractivity contribution in [3.05, 3.63) is 0 Å². The summed E-state index contributed by atoms with van der Waals surface area (Å²) in [4.78, 5) is 11.9. The molecule has 0 spiro atoms. The van der Waals surface area contributed by atoms with Gasteiger partial charge in [-0.2, -0.15) is 0 Å². The number of aliphatic hydroxyl groups excluding tert-OH is 2. The van der Waals surface area contributed by atoms with Gasteiger partial charge in [0.25, 0.3) is 0 Å². The summed E-state index contributed by atoms with van der Waals surface area (Å²) in [6.45, 7) is 2.71. The number of hydrogen-bond acceptors (Lipinski definition) is 5. The van der Waals surface area contributed by atoms with E-state index in [9.17, 15) is 15.0 Å². The zero-order valence-electron chi connectivity index (χ0n) is 16.1. The van der Waals surface area contributed by atoms with Crippen LogP contribution >= 0.6 is 0 Å². The van der Waals surface area contributed by atoms with Crippen molar-refractivity contribution in [2.75, 3.05) is 6.54 Å². The molecule has 1 unspecified atom stereocenters. The van der Waals surface area contributed by atoms with Crippen molar-refractivity contribution in [3.63, 3.8) is 0 Å². The quantitative estimate of drug-likeness (QED) is 0.201. The Labute approximate surface area is 153 Å². The third kappa shape index (κ3) is 15.3. The lowest BCUT2D eigenvalue weighted by Crippen LogP contribution is -2.48. The van der Waals surface area contributed by atoms with Gasteiger partial charge in [-0.25, -0.2) is 0 Å². The van der Waals surface area contributed by atoms with Crippen LogP contribution in [-0.4, -0.2) is 41.0 Å². The molecular weight excluding hydrogens is 318 g/mol. The fourth-order valence-electron chi connectivity index (χ4n) is 2.94. The molecule has 0 saturated carbocycles. The molecule has 7 N–H and O–H groups in total. The number of nitrogens with two attached hydrogens (primary N) is 2. The smallest absolute Gasteiger partial charge is 0.222 e. The summed E-state index contributed by atoms with van der Waals surface area (Å²) >= 11 is 0. The van der Waals surface area contributed by atoms with Crippen LogP contribution in [-0.2, 0) is 4.79 Å². The average molecular weight is 360 g/mol. The fraction of sp³-hybridized carbons (Fsp3) is 0.947. The second-order valence-corrected chi connectivity index (χ2v) is 7.07. The third-order valence-corrected chi connectivity index (χ3v) is 4.54. The molecule has 0 aliphatic heterocycles. The molecule has 0 heterocycles. The van der Waals surface area contributed by atoms with E-state index in [-0.39, 0.29) is 12.3 Å². The van der Waals surface area contributed by atoms with Crippen molar-refractivity contribution in [1.82, 2.24) is 5.32 Å². The van der Waals surface area contributed by atoms with E-state index in [2.05, 4.69) is 12.2 Å². The van der Waals surface area contributed by atoms with E-state index in [0.717, 1.165) is 12.8 Å². The second-order valence-electron chi connectivity index (χ2n) is 7.07. The maximum Gasteiger partial charge on any atom is 0.222 e. The molecule has 0 aliphatic rings. The molecule has 0 rings (SSSR count). The van der Waals surface area contributed by atoms with E-state index in [1.165, 1.54) is 44.9 Å². The Morgan fingerprint density at radius 2 is 1.48 bits per heavy atom. The Morgan fingerprint density at radius 1 is 0.920 bits per heavy atom. The van der Waals surface area contributed by atoms with Crippen molar-refractivity contribution in [3.8, 4) is 0 Å². The van der Waals surface area contributed by atoms with Gasteiger partial charge in [-0.05, 0) is 25.8 Å². The monoisotopic (exact) mass is 359 g/mol. The molecule has 0 aromatic heterocycles. The topological polar surface area (TPSA) is 122 Å². The van der Waals surface area contributed by atoms with Crippen LogP contribution in [0.3, 0.4) is 0 Å². The number of aliphatic hydroxyl groups is 2. The molecule has 150 valence electrons. The lowest BCUT2D eigenvalue weighted by Gasteiger charge is -2.22. The highest BCUT2D eigenvalue weighted by Crippen LogP contribution is 2.12. The molecule has 6 nitrogen and oxygen atoms in total. The zero-order chi connectivity index (χ0) is 18.9. The largest absolute Gasteiger partial charge is 0.393 e. The summed E-state index contributed by atoms with van der Waals surface area (Å²) in [5, 5.41) is 22.1. The van der Waals surface area contributed by atoms with E-state index in [4.69, 9.17) is 11.5 Å². The summed E-state index contributed by atoms with van der Waals surface area (Å²) in [5.74, 6) is -0.269. The highest BCUT2D eigenvalue weighted by Gasteiger charge is 2.19. The van der Waals surface area contributed by atoms with Gasteiger partial charge in [0.15, 0.2) is 0 Å². The van der Waals surface area contributed by atoms with Crippen molar-refractivity contribution in [2.24, 2.45) is 11.5 Å². The zero-order valence-corrected chi connectivity index (χ0v) is 16.1. The number of hydrogen-bond donors (Lipinski definition) is 5. The Morgan fingerprint density at radius 3 is 2.00 bits per heavy atom. The van der Waals surface area contributed by atoms with E-state index < -0.39 is 18.4 Å². The number of amides is 1. The molecule has 25 heavy (non-hydrogen) atoms. The number of carbonyl (C=O) groups excluding carboxylic acids is 1. The Hall–Kier alpha value is -0.690. The molecule has 6 heteroatoms. The minimum absolute atomic E-state index is 0.0584. The van der Waals surface area contributed by atoms with Gasteiger partial charge in [-0.3, -0.25) is 4.79 Å². The minimum atomic E-state index is -1.11. The van der Waals surface area contributed by atoms with Gasteiger partial charge in [-0.15, -0.1) is 0 Å². The first kappa shape index (κ1) is 24.3. The van der Waals surface area contributed by atoms with E-state index >= 15 is 0 Å². The van der Waals surface area contributed by atoms with Gasteiger partial charge >= 0.3 is 0 Å². The van der Waals surface area contributed by atoms with Gasteiger partial charge in [-0.1, -0.05) is 64.7 Å². The molecule has 1 amide bonds. The molecule has 0 aromatic carbocycles. The molecule has 0 fully saturated rings. The van der Waals surface area contributed by atoms with E-state index in [1.807, 2.05) is 0 Å². The van der Waals surface area contributed by atoms with Crippen LogP contribution in [0.25, 0.3) is 0 Å². The second kappa shape index (κ2) is 16.8. The minimum Gasteiger partial charge on any atom is -0.393 e. The predicted octanol–water partition coefficient (Wildman–Crippen LogP) is 2.16. The van der Waals surface area contributed by atoms with Crippen LogP contribution < -0.4 is 16.8 Å². The van der Waals surface area contributed by atoms with Crippen molar-refractivity contribution < 1.29 is 15.0 Å². The molecule has 3 atom stereocenters. The number of carbonyl (C=O) groups is 1. The van der Waals surface area contributed by atoms with Gasteiger partial charge in [0.05, 0.1) is 18.6 Å². The van der Waals surface area contributed by atoms with Crippen LogP contribution in [0.2, 0.25) is 0 Å². The van der Waals surface area contributed by atoms with Gasteiger partial charge in [0, 0.05) is 0 Å². The van der Waals surface area contributed by atoms with Gasteiger partial charge in [0.1, 0.15) is 6.23 Å². The number of nitrogens with one attached hydrogen (secondary N) is 1. The Bertz CT molecular complexity index is 314. The van der Waals surface area contributed by atoms with Gasteiger partial charge in [0.2, 0.25) is 5.91 Å². The highest BCUT2D eigenvalue weighted by molar-refractivity contribution is 5.76. The molecule has 0 saturated heterocycles. The van der Waals surface area contributed by atoms with E-state index in [1.54, 1.807) is 0 Å². The highest BCUT2D eigenvalue weighted by atomic mass is 16.3. The maximum absolute atomic E-state index is 11.9. The first-order valence-corrected chi connectivity index (χ1v) is 10.1. The van der Waals surface area contributed by atoms with Crippen LogP contribution in [0, 0.1) is 0 Å². The molecule has 0 aliphatic carbocycles. The first-order chi connectivity index (χ1) is 12.0. The molecular formula is C19H41N3O3. The van der Waals surface area contributed by atoms with Crippen LogP contribution in [0.1, 0.15) is 90.4 Å². The Balaban J connectivity index is 3.69. The summed E-state index contributed by atoms with van der Waals surface area (Å²) in [7, 11) is 0. The predicted molar refractivity (Wildman–Crippen MR) is 103 cm³/mol. The average Bonchev–Trinajstić information content (AvgIpc) is 2.56. The summed E-state index contributed by atoms with van der Waals surface area (Å²) < 4.78 is 0. The maximum atomic E-state index is 11.9. The third-order valence-electron chi connectivity index (χ3n) is 4.54. The number of unbranched alkanes of at least 4 members (excludes halogenated alkanes) is 8. The summed E-state index contributed by atoms with van der Waals surface area (Å²) in [5.41, 5.74) is 10.9. The normalized spacial score (nSPS) is 14.9. The lowest BCUT2D eigenvalue weighted by atomic mass is 10.0. The van der Waals surface area contributed by atoms with Gasteiger partial charge < -0.3 is 27.0 Å². The van der Waals surface area contributed by atoms with Crippen LogP contribution in [0.15, 0.2) is 0 Å². The van der Waals surface area contributed by atoms with Crippen LogP contribution in [0.5, 0.6) is 0 Å². The van der Waals surface area contributed by atoms with Crippen molar-refractivity contribution >= 4 is 5.91 Å². The first-order valence-electron chi connectivity index (χ1n) is 10.1. The fourth-order valence-corrected chi connectivity index (χ4v) is 2.94. The Kier molecular flexibility index (Phi) is 16.3. The summed E-state index contributed by atoms with van der Waals surface area (Å²) in [6.07, 6.45) is 11.3. The van der Waals surface area contributed by atoms with Crippen LogP contribution in [0.4, 0.5) is 0 Å². The van der Waals surface area contributed by atoms with Crippen molar-refractivity contribution in [2.45, 2.75) is 109 Å². The van der Waals surface area contributed by atoms with Crippen molar-refractivity contribution in [1.29, 1.82) is 0 Å². The number of rotatable bonds is 17.